The Balaban J connectivity index is 1.53. The average molecular weight is 387 g/mol. The Morgan fingerprint density at radius 1 is 1.00 bits per heavy atom. The van der Waals surface area contributed by atoms with Crippen LogP contribution in [0.1, 0.15) is 18.4 Å². The zero-order valence-electron chi connectivity index (χ0n) is 14.4. The third-order valence-corrected chi connectivity index (χ3v) is 6.85. The number of rotatable bonds is 3. The van der Waals surface area contributed by atoms with Gasteiger partial charge in [0.2, 0.25) is 10.0 Å². The van der Waals surface area contributed by atoms with E-state index in [0.29, 0.717) is 18.6 Å². The van der Waals surface area contributed by atoms with Crippen LogP contribution in [0.2, 0.25) is 0 Å². The maximum absolute atomic E-state index is 13.1. The van der Waals surface area contributed by atoms with Gasteiger partial charge in [-0.05, 0) is 24.3 Å². The highest BCUT2D eigenvalue weighted by Gasteiger charge is 2.44. The van der Waals surface area contributed by atoms with E-state index in [0.717, 1.165) is 17.7 Å². The molecular weight excluding hydrogens is 369 g/mol. The van der Waals surface area contributed by atoms with E-state index in [1.807, 2.05) is 30.3 Å². The second kappa shape index (κ2) is 6.54. The van der Waals surface area contributed by atoms with Crippen molar-refractivity contribution >= 4 is 21.6 Å². The molecule has 1 fully saturated rings. The highest BCUT2D eigenvalue weighted by Crippen LogP contribution is 2.31. The van der Waals surface area contributed by atoms with Crippen molar-refractivity contribution in [3.63, 3.8) is 0 Å². The smallest absolute Gasteiger partial charge is 0.272 e. The van der Waals surface area contributed by atoms with E-state index in [1.54, 1.807) is 0 Å². The van der Waals surface area contributed by atoms with E-state index in [4.69, 9.17) is 0 Å². The van der Waals surface area contributed by atoms with Crippen molar-refractivity contribution in [3.8, 4) is 0 Å². The molecule has 2 heterocycles. The van der Waals surface area contributed by atoms with Crippen molar-refractivity contribution in [1.29, 1.82) is 0 Å². The highest BCUT2D eigenvalue weighted by atomic mass is 32.2. The minimum absolute atomic E-state index is 0.0591. The number of benzene rings is 2. The molecule has 140 valence electrons. The molecule has 6 nitrogen and oxygen atoms in total. The Morgan fingerprint density at radius 3 is 2.26 bits per heavy atom. The van der Waals surface area contributed by atoms with Gasteiger partial charge in [-0.1, -0.05) is 30.3 Å². The number of aliphatic imine (C=N–C) groups is 1. The molecule has 2 aliphatic rings. The molecular formula is C19H18FN3O3S. The van der Waals surface area contributed by atoms with E-state index in [1.165, 1.54) is 16.4 Å². The molecule has 0 aromatic heterocycles. The fourth-order valence-electron chi connectivity index (χ4n) is 3.44. The first-order chi connectivity index (χ1) is 12.9. The van der Waals surface area contributed by atoms with Crippen LogP contribution in [0, 0.1) is 5.82 Å². The van der Waals surface area contributed by atoms with Crippen LogP contribution >= 0.6 is 0 Å². The Hall–Kier alpha value is -2.58. The van der Waals surface area contributed by atoms with Crippen LogP contribution in [-0.2, 0) is 14.8 Å². The summed E-state index contributed by atoms with van der Waals surface area (Å²) in [6, 6.07) is 14.0. The molecule has 27 heavy (non-hydrogen) atoms. The predicted octanol–water partition coefficient (Wildman–Crippen LogP) is 1.93. The van der Waals surface area contributed by atoms with E-state index in [2.05, 4.69) is 10.3 Å². The van der Waals surface area contributed by atoms with Crippen LogP contribution in [0.4, 0.5) is 4.39 Å². The van der Waals surface area contributed by atoms with E-state index < -0.39 is 21.5 Å². The van der Waals surface area contributed by atoms with Gasteiger partial charge in [-0.2, -0.15) is 4.31 Å². The van der Waals surface area contributed by atoms with Crippen molar-refractivity contribution < 1.29 is 17.6 Å². The predicted molar refractivity (Wildman–Crippen MR) is 98.2 cm³/mol. The van der Waals surface area contributed by atoms with Gasteiger partial charge in [0.1, 0.15) is 17.2 Å². The molecule has 4 rings (SSSR count). The highest BCUT2D eigenvalue weighted by molar-refractivity contribution is 7.89. The van der Waals surface area contributed by atoms with Gasteiger partial charge in [0.25, 0.3) is 5.91 Å². The van der Waals surface area contributed by atoms with Gasteiger partial charge < -0.3 is 5.32 Å². The second-order valence-electron chi connectivity index (χ2n) is 6.67. The molecule has 1 saturated heterocycles. The summed E-state index contributed by atoms with van der Waals surface area (Å²) in [6.45, 7) is 0.455. The second-order valence-corrected chi connectivity index (χ2v) is 8.61. The third-order valence-electron chi connectivity index (χ3n) is 4.94. The summed E-state index contributed by atoms with van der Waals surface area (Å²) in [5.74, 6) is -0.723. The van der Waals surface area contributed by atoms with Crippen LogP contribution in [0.5, 0.6) is 0 Å². The normalized spacial score (nSPS) is 19.7. The van der Waals surface area contributed by atoms with Crippen LogP contribution < -0.4 is 5.32 Å². The van der Waals surface area contributed by atoms with Crippen molar-refractivity contribution in [2.75, 3.05) is 13.1 Å². The van der Waals surface area contributed by atoms with Crippen LogP contribution in [-0.4, -0.2) is 43.1 Å². The van der Waals surface area contributed by atoms with Crippen LogP contribution in [0.15, 0.2) is 64.5 Å². The van der Waals surface area contributed by atoms with E-state index in [-0.39, 0.29) is 23.9 Å². The first kappa shape index (κ1) is 17.8. The summed E-state index contributed by atoms with van der Waals surface area (Å²) in [7, 11) is -3.70. The summed E-state index contributed by atoms with van der Waals surface area (Å²) in [5, 5.41) is 2.92. The first-order valence-electron chi connectivity index (χ1n) is 8.63. The molecule has 0 saturated carbocycles. The monoisotopic (exact) mass is 387 g/mol. The number of nitrogens with one attached hydrogen (secondary N) is 1. The number of sulfonamides is 1. The quantitative estimate of drug-likeness (QED) is 0.874. The van der Waals surface area contributed by atoms with Gasteiger partial charge in [-0.3, -0.25) is 9.79 Å². The lowest BCUT2D eigenvalue weighted by Crippen LogP contribution is -2.52. The number of hydrogen-bond donors (Lipinski definition) is 1. The largest absolute Gasteiger partial charge is 0.326 e. The average Bonchev–Trinajstić information content (AvgIpc) is 2.99. The molecule has 1 N–H and O–H groups in total. The summed E-state index contributed by atoms with van der Waals surface area (Å²) >= 11 is 0. The van der Waals surface area contributed by atoms with Gasteiger partial charge >= 0.3 is 0 Å². The number of amides is 1. The summed E-state index contributed by atoms with van der Waals surface area (Å²) < 4.78 is 39.9. The molecule has 0 unspecified atom stereocenters. The van der Waals surface area contributed by atoms with Crippen LogP contribution in [0.3, 0.4) is 0 Å². The van der Waals surface area contributed by atoms with Gasteiger partial charge in [0.15, 0.2) is 0 Å². The number of hydrogen-bond acceptors (Lipinski definition) is 4. The minimum atomic E-state index is -3.70. The zero-order valence-corrected chi connectivity index (χ0v) is 15.2. The van der Waals surface area contributed by atoms with Crippen molar-refractivity contribution in [2.24, 2.45) is 4.99 Å². The van der Waals surface area contributed by atoms with E-state index in [9.17, 15) is 17.6 Å². The Morgan fingerprint density at radius 2 is 1.63 bits per heavy atom. The molecule has 0 radical (unpaired) electrons. The van der Waals surface area contributed by atoms with Crippen molar-refractivity contribution in [3.05, 3.63) is 66.0 Å². The molecule has 2 aromatic carbocycles. The molecule has 1 amide bonds. The number of nitrogens with zero attached hydrogens (tertiary/aromatic N) is 2. The maximum atomic E-state index is 13.1. The molecule has 2 aromatic rings. The number of carbonyl (C=O) groups excluding carboxylic acids is 1. The zero-order chi connectivity index (χ0) is 19.1. The molecule has 0 atom stereocenters. The lowest BCUT2D eigenvalue weighted by atomic mass is 10.00. The Labute approximate surface area is 156 Å². The molecule has 0 aliphatic carbocycles. The minimum Gasteiger partial charge on any atom is -0.326 e. The summed E-state index contributed by atoms with van der Waals surface area (Å²) in [6.07, 6.45) is 0.769. The Kier molecular flexibility index (Phi) is 4.32. The van der Waals surface area contributed by atoms with Crippen molar-refractivity contribution in [2.45, 2.75) is 23.4 Å². The maximum Gasteiger partial charge on any atom is 0.272 e. The summed E-state index contributed by atoms with van der Waals surface area (Å²) in [4.78, 5) is 17.0. The van der Waals surface area contributed by atoms with Gasteiger partial charge in [-0.25, -0.2) is 12.8 Å². The molecule has 2 aliphatic heterocycles. The summed E-state index contributed by atoms with van der Waals surface area (Å²) in [5.41, 5.74) is 0.357. The topological polar surface area (TPSA) is 78.8 Å². The third kappa shape index (κ3) is 3.26. The Bertz CT molecular complexity index is 996. The fourth-order valence-corrected chi connectivity index (χ4v) is 4.89. The molecule has 1 spiro atoms. The SMILES string of the molecule is O=C1NC2(CCN(S(=O)(=O)c3ccc(F)cc3)CC2)N=C1c1ccccc1. The van der Waals surface area contributed by atoms with Crippen LogP contribution in [0.25, 0.3) is 0 Å². The lowest BCUT2D eigenvalue weighted by molar-refractivity contribution is -0.115. The van der Waals surface area contributed by atoms with Crippen molar-refractivity contribution in [1.82, 2.24) is 9.62 Å². The van der Waals surface area contributed by atoms with E-state index >= 15 is 0 Å². The number of carbonyl (C=O) groups is 1. The molecule has 0 bridgehead atoms. The first-order valence-corrected chi connectivity index (χ1v) is 10.1. The van der Waals surface area contributed by atoms with Gasteiger partial charge in [-0.15, -0.1) is 0 Å². The molecule has 8 heteroatoms. The number of halogens is 1. The van der Waals surface area contributed by atoms with Gasteiger partial charge in [0, 0.05) is 31.5 Å². The fraction of sp³-hybridized carbons (Fsp3) is 0.263. The lowest BCUT2D eigenvalue weighted by Gasteiger charge is -2.36. The standard InChI is InChI=1S/C19H18FN3O3S/c20-15-6-8-16(9-7-15)27(25,26)23-12-10-19(11-13-23)21-17(18(24)22-19)14-4-2-1-3-5-14/h1-9H,10-13H2,(H,22,24). The number of piperidine rings is 1. The van der Waals surface area contributed by atoms with Gasteiger partial charge in [0.05, 0.1) is 4.90 Å².